The maximum Gasteiger partial charge on any atom is 0.172 e. The van der Waals surface area contributed by atoms with Crippen molar-refractivity contribution >= 4 is 0 Å². The molecule has 3 nitrogen and oxygen atoms in total. The zero-order valence-corrected chi connectivity index (χ0v) is 16.5. The van der Waals surface area contributed by atoms with Crippen molar-refractivity contribution in [2.24, 2.45) is 0 Å². The summed E-state index contributed by atoms with van der Waals surface area (Å²) in [6.07, 6.45) is 17.4. The van der Waals surface area contributed by atoms with Crippen LogP contribution in [0.3, 0.4) is 0 Å². The third kappa shape index (κ3) is 10.7. The molecule has 144 valence electrons. The van der Waals surface area contributed by atoms with E-state index < -0.39 is 0 Å². The van der Waals surface area contributed by atoms with Crippen LogP contribution in [0.4, 0.5) is 0 Å². The molecule has 1 rings (SSSR count). The van der Waals surface area contributed by atoms with Gasteiger partial charge in [0.15, 0.2) is 5.79 Å². The largest absolute Gasteiger partial charge is 0.381 e. The summed E-state index contributed by atoms with van der Waals surface area (Å²) in [4.78, 5) is 0. The standard InChI is InChI=1S/C21H42O3/c1-3-5-7-9-11-13-17-23-21(15-19-22-20-16-21)24-18-14-12-10-8-6-4-2/h3-20H2,1-2H3. The molecule has 1 fully saturated rings. The number of rotatable bonds is 16. The van der Waals surface area contributed by atoms with E-state index in [1.807, 2.05) is 0 Å². The molecule has 1 saturated heterocycles. The maximum atomic E-state index is 6.22. The Morgan fingerprint density at radius 3 is 1.50 bits per heavy atom. The third-order valence-corrected chi connectivity index (χ3v) is 4.98. The highest BCUT2D eigenvalue weighted by molar-refractivity contribution is 4.74. The lowest BCUT2D eigenvalue weighted by Gasteiger charge is -2.37. The highest BCUT2D eigenvalue weighted by Gasteiger charge is 2.34. The summed E-state index contributed by atoms with van der Waals surface area (Å²) in [7, 11) is 0. The van der Waals surface area contributed by atoms with Gasteiger partial charge in [0.2, 0.25) is 0 Å². The van der Waals surface area contributed by atoms with E-state index in [1.54, 1.807) is 0 Å². The van der Waals surface area contributed by atoms with Gasteiger partial charge in [-0.05, 0) is 12.8 Å². The Morgan fingerprint density at radius 1 is 0.625 bits per heavy atom. The summed E-state index contributed by atoms with van der Waals surface area (Å²) in [6, 6.07) is 0. The van der Waals surface area contributed by atoms with Gasteiger partial charge in [0, 0.05) is 12.8 Å². The third-order valence-electron chi connectivity index (χ3n) is 4.98. The lowest BCUT2D eigenvalue weighted by Crippen LogP contribution is -2.42. The molecule has 0 aromatic carbocycles. The number of hydrogen-bond donors (Lipinski definition) is 0. The molecule has 0 atom stereocenters. The number of ether oxygens (including phenoxy) is 3. The average Bonchev–Trinajstić information content (AvgIpc) is 2.61. The zero-order valence-electron chi connectivity index (χ0n) is 16.5. The maximum absolute atomic E-state index is 6.22. The Labute approximate surface area is 150 Å². The van der Waals surface area contributed by atoms with Crippen molar-refractivity contribution in [1.29, 1.82) is 0 Å². The van der Waals surface area contributed by atoms with Gasteiger partial charge in [0.25, 0.3) is 0 Å². The van der Waals surface area contributed by atoms with Gasteiger partial charge < -0.3 is 14.2 Å². The van der Waals surface area contributed by atoms with E-state index in [2.05, 4.69) is 13.8 Å². The molecule has 1 heterocycles. The van der Waals surface area contributed by atoms with Gasteiger partial charge in [-0.2, -0.15) is 0 Å². The van der Waals surface area contributed by atoms with Crippen LogP contribution in [-0.4, -0.2) is 32.2 Å². The van der Waals surface area contributed by atoms with E-state index in [-0.39, 0.29) is 5.79 Å². The van der Waals surface area contributed by atoms with Crippen LogP contribution in [0, 0.1) is 0 Å². The average molecular weight is 343 g/mol. The molecule has 0 amide bonds. The summed E-state index contributed by atoms with van der Waals surface area (Å²) in [5.41, 5.74) is 0. The molecule has 0 aromatic heterocycles. The predicted octanol–water partition coefficient (Wildman–Crippen LogP) is 6.25. The van der Waals surface area contributed by atoms with Crippen molar-refractivity contribution in [3.05, 3.63) is 0 Å². The molecule has 0 bridgehead atoms. The molecule has 0 aliphatic carbocycles. The second-order valence-corrected chi connectivity index (χ2v) is 7.26. The molecule has 1 aliphatic rings. The normalized spacial score (nSPS) is 17.2. The van der Waals surface area contributed by atoms with Gasteiger partial charge in [0.05, 0.1) is 26.4 Å². The topological polar surface area (TPSA) is 27.7 Å². The first-order valence-corrected chi connectivity index (χ1v) is 10.7. The summed E-state index contributed by atoms with van der Waals surface area (Å²) in [6.45, 7) is 7.74. The minimum absolute atomic E-state index is 0.356. The minimum Gasteiger partial charge on any atom is -0.381 e. The molecule has 0 spiro atoms. The quantitative estimate of drug-likeness (QED) is 0.245. The van der Waals surface area contributed by atoms with E-state index in [9.17, 15) is 0 Å². The van der Waals surface area contributed by atoms with Crippen molar-refractivity contribution < 1.29 is 14.2 Å². The Bertz CT molecular complexity index is 242. The number of hydrogen-bond acceptors (Lipinski definition) is 3. The minimum atomic E-state index is -0.356. The monoisotopic (exact) mass is 342 g/mol. The SMILES string of the molecule is CCCCCCCCOC1(OCCCCCCCC)CCOCC1. The first kappa shape index (κ1) is 21.9. The molecule has 0 saturated carbocycles. The first-order chi connectivity index (χ1) is 11.8. The van der Waals surface area contributed by atoms with Gasteiger partial charge in [-0.3, -0.25) is 0 Å². The molecule has 24 heavy (non-hydrogen) atoms. The van der Waals surface area contributed by atoms with Crippen LogP contribution in [0.25, 0.3) is 0 Å². The first-order valence-electron chi connectivity index (χ1n) is 10.7. The van der Waals surface area contributed by atoms with Gasteiger partial charge in [-0.25, -0.2) is 0 Å². The van der Waals surface area contributed by atoms with Crippen LogP contribution in [0.15, 0.2) is 0 Å². The van der Waals surface area contributed by atoms with Crippen molar-refractivity contribution in [3.63, 3.8) is 0 Å². The summed E-state index contributed by atoms with van der Waals surface area (Å²) >= 11 is 0. The zero-order chi connectivity index (χ0) is 17.3. The summed E-state index contributed by atoms with van der Waals surface area (Å²) in [5.74, 6) is -0.356. The Kier molecular flexibility index (Phi) is 13.8. The van der Waals surface area contributed by atoms with Gasteiger partial charge >= 0.3 is 0 Å². The van der Waals surface area contributed by atoms with Gasteiger partial charge in [-0.1, -0.05) is 78.1 Å². The van der Waals surface area contributed by atoms with Gasteiger partial charge in [0.1, 0.15) is 0 Å². The number of unbranched alkanes of at least 4 members (excludes halogenated alkanes) is 10. The van der Waals surface area contributed by atoms with Crippen molar-refractivity contribution in [1.82, 2.24) is 0 Å². The van der Waals surface area contributed by atoms with Crippen LogP contribution in [0.5, 0.6) is 0 Å². The van der Waals surface area contributed by atoms with Gasteiger partial charge in [-0.15, -0.1) is 0 Å². The van der Waals surface area contributed by atoms with E-state index in [0.717, 1.165) is 52.1 Å². The predicted molar refractivity (Wildman–Crippen MR) is 101 cm³/mol. The molecule has 0 unspecified atom stereocenters. The van der Waals surface area contributed by atoms with Crippen molar-refractivity contribution in [2.45, 2.75) is 110 Å². The second kappa shape index (κ2) is 15.2. The Morgan fingerprint density at radius 2 is 1.04 bits per heavy atom. The molecule has 1 aliphatic heterocycles. The summed E-state index contributed by atoms with van der Waals surface area (Å²) < 4.78 is 17.9. The van der Waals surface area contributed by atoms with E-state index in [1.165, 1.54) is 64.2 Å². The molecule has 0 N–H and O–H groups in total. The van der Waals surface area contributed by atoms with Crippen LogP contribution in [0.1, 0.15) is 104 Å². The van der Waals surface area contributed by atoms with Crippen molar-refractivity contribution in [2.75, 3.05) is 26.4 Å². The van der Waals surface area contributed by atoms with Crippen LogP contribution in [-0.2, 0) is 14.2 Å². The summed E-state index contributed by atoms with van der Waals surface area (Å²) in [5, 5.41) is 0. The van der Waals surface area contributed by atoms with Crippen LogP contribution < -0.4 is 0 Å². The molecule has 0 aromatic rings. The fourth-order valence-corrected chi connectivity index (χ4v) is 3.29. The molecular formula is C21H42O3. The Hall–Kier alpha value is -0.120. The molecule has 3 heteroatoms. The van der Waals surface area contributed by atoms with E-state index in [4.69, 9.17) is 14.2 Å². The highest BCUT2D eigenvalue weighted by Crippen LogP contribution is 2.27. The van der Waals surface area contributed by atoms with Crippen LogP contribution >= 0.6 is 0 Å². The lowest BCUT2D eigenvalue weighted by molar-refractivity contribution is -0.269. The highest BCUT2D eigenvalue weighted by atomic mass is 16.7. The Balaban J connectivity index is 2.12. The van der Waals surface area contributed by atoms with E-state index in [0.29, 0.717) is 0 Å². The molecular weight excluding hydrogens is 300 g/mol. The lowest BCUT2D eigenvalue weighted by atomic mass is 10.1. The fourth-order valence-electron chi connectivity index (χ4n) is 3.29. The van der Waals surface area contributed by atoms with Crippen LogP contribution in [0.2, 0.25) is 0 Å². The van der Waals surface area contributed by atoms with E-state index >= 15 is 0 Å². The smallest absolute Gasteiger partial charge is 0.172 e. The fraction of sp³-hybridized carbons (Fsp3) is 1.00. The second-order valence-electron chi connectivity index (χ2n) is 7.26. The van der Waals surface area contributed by atoms with Crippen molar-refractivity contribution in [3.8, 4) is 0 Å². The molecule has 0 radical (unpaired) electrons.